The Balaban J connectivity index is 2.70. The molecule has 118 valence electrons. The van der Waals surface area contributed by atoms with Crippen LogP contribution in [0.15, 0.2) is 29.2 Å². The molecule has 0 heterocycles. The van der Waals surface area contributed by atoms with Crippen LogP contribution in [0.4, 0.5) is 0 Å². The highest BCUT2D eigenvalue weighted by molar-refractivity contribution is 7.89. The molecule has 0 amide bonds. The van der Waals surface area contributed by atoms with E-state index in [1.807, 2.05) is 0 Å². The first-order chi connectivity index (χ1) is 9.87. The molecule has 0 bridgehead atoms. The smallest absolute Gasteiger partial charge is 0.318 e. The zero-order valence-electron chi connectivity index (χ0n) is 12.6. The van der Waals surface area contributed by atoms with Gasteiger partial charge >= 0.3 is 5.97 Å². The number of nitrogens with zero attached hydrogens (tertiary/aromatic N) is 1. The molecule has 1 aromatic rings. The summed E-state index contributed by atoms with van der Waals surface area (Å²) in [6, 6.07) is 6.69. The van der Waals surface area contributed by atoms with Crippen LogP contribution in [-0.2, 0) is 21.2 Å². The van der Waals surface area contributed by atoms with Crippen molar-refractivity contribution in [2.45, 2.75) is 43.9 Å². The predicted octanol–water partition coefficient (Wildman–Crippen LogP) is 2.51. The summed E-state index contributed by atoms with van der Waals surface area (Å²) in [6.45, 7) is 1.62. The first kappa shape index (κ1) is 17.7. The number of aliphatic carboxylic acids is 1. The fourth-order valence-corrected chi connectivity index (χ4v) is 3.16. The van der Waals surface area contributed by atoms with Crippen molar-refractivity contribution in [3.8, 4) is 0 Å². The third kappa shape index (κ3) is 5.47. The van der Waals surface area contributed by atoms with Gasteiger partial charge in [0.15, 0.2) is 0 Å². The summed E-state index contributed by atoms with van der Waals surface area (Å²) < 4.78 is 25.1. The van der Waals surface area contributed by atoms with Crippen LogP contribution in [0.2, 0.25) is 0 Å². The number of likely N-dealkylation sites (N-methyl/N-ethyl adjacent to an activating group) is 1. The van der Waals surface area contributed by atoms with Crippen LogP contribution in [0.3, 0.4) is 0 Å². The molecule has 0 radical (unpaired) electrons. The molecule has 0 spiro atoms. The second-order valence-electron chi connectivity index (χ2n) is 5.11. The third-order valence-corrected chi connectivity index (χ3v) is 5.13. The van der Waals surface area contributed by atoms with E-state index in [1.54, 1.807) is 24.3 Å². The van der Waals surface area contributed by atoms with Gasteiger partial charge in [-0.2, -0.15) is 4.31 Å². The lowest BCUT2D eigenvalue weighted by Gasteiger charge is -2.15. The zero-order valence-corrected chi connectivity index (χ0v) is 13.4. The maximum Gasteiger partial charge on any atom is 0.318 e. The van der Waals surface area contributed by atoms with Crippen LogP contribution in [-0.4, -0.2) is 37.4 Å². The standard InChI is InChI=1S/C15H23NO4S/c1-3-4-5-6-7-13-8-10-14(11-9-13)21(19,20)16(2)12-15(17)18/h8-11H,3-7,12H2,1-2H3,(H,17,18). The van der Waals surface area contributed by atoms with Gasteiger partial charge in [0, 0.05) is 7.05 Å². The van der Waals surface area contributed by atoms with Crippen LogP contribution in [0.5, 0.6) is 0 Å². The Hall–Kier alpha value is -1.40. The van der Waals surface area contributed by atoms with Gasteiger partial charge in [0.1, 0.15) is 6.54 Å². The average Bonchev–Trinajstić information content (AvgIpc) is 2.43. The number of carbonyl (C=O) groups is 1. The van der Waals surface area contributed by atoms with E-state index in [-0.39, 0.29) is 4.90 Å². The fraction of sp³-hybridized carbons (Fsp3) is 0.533. The van der Waals surface area contributed by atoms with E-state index in [1.165, 1.54) is 26.3 Å². The molecule has 1 rings (SSSR count). The van der Waals surface area contributed by atoms with Gasteiger partial charge in [0.25, 0.3) is 0 Å². The molecule has 0 aromatic heterocycles. The second-order valence-corrected chi connectivity index (χ2v) is 7.15. The highest BCUT2D eigenvalue weighted by Gasteiger charge is 2.22. The maximum atomic E-state index is 12.1. The van der Waals surface area contributed by atoms with Crippen LogP contribution in [0.1, 0.15) is 38.2 Å². The van der Waals surface area contributed by atoms with Gasteiger partial charge in [-0.15, -0.1) is 0 Å². The van der Waals surface area contributed by atoms with Crippen molar-refractivity contribution in [1.82, 2.24) is 4.31 Å². The summed E-state index contributed by atoms with van der Waals surface area (Å²) in [5.74, 6) is -1.17. The summed E-state index contributed by atoms with van der Waals surface area (Å²) in [5, 5.41) is 8.67. The average molecular weight is 313 g/mol. The van der Waals surface area contributed by atoms with Crippen LogP contribution in [0, 0.1) is 0 Å². The van der Waals surface area contributed by atoms with Crippen molar-refractivity contribution >= 4 is 16.0 Å². The quantitative estimate of drug-likeness (QED) is 0.711. The predicted molar refractivity (Wildman–Crippen MR) is 81.7 cm³/mol. The molecule has 0 atom stereocenters. The molecule has 1 aromatic carbocycles. The Bertz CT molecular complexity index is 552. The molecule has 0 aliphatic carbocycles. The number of carboxylic acid groups (broad SMARTS) is 1. The van der Waals surface area contributed by atoms with E-state index in [0.29, 0.717) is 0 Å². The molecule has 0 saturated carbocycles. The van der Waals surface area contributed by atoms with Gasteiger partial charge in [-0.1, -0.05) is 38.3 Å². The number of rotatable bonds is 9. The lowest BCUT2D eigenvalue weighted by atomic mass is 10.1. The summed E-state index contributed by atoms with van der Waals surface area (Å²) >= 11 is 0. The number of hydrogen-bond acceptors (Lipinski definition) is 3. The lowest BCUT2D eigenvalue weighted by Crippen LogP contribution is -2.32. The highest BCUT2D eigenvalue weighted by atomic mass is 32.2. The molecule has 0 saturated heterocycles. The lowest BCUT2D eigenvalue weighted by molar-refractivity contribution is -0.137. The molecular weight excluding hydrogens is 290 g/mol. The van der Waals surface area contributed by atoms with Crippen molar-refractivity contribution in [3.63, 3.8) is 0 Å². The van der Waals surface area contributed by atoms with E-state index in [0.717, 1.165) is 22.7 Å². The number of unbranched alkanes of at least 4 members (excludes halogenated alkanes) is 3. The van der Waals surface area contributed by atoms with Gasteiger partial charge in [-0.05, 0) is 30.5 Å². The van der Waals surface area contributed by atoms with Crippen molar-refractivity contribution in [2.24, 2.45) is 0 Å². The molecule has 0 aliphatic heterocycles. The van der Waals surface area contributed by atoms with Gasteiger partial charge in [-0.25, -0.2) is 8.42 Å². The van der Waals surface area contributed by atoms with Crippen molar-refractivity contribution in [3.05, 3.63) is 29.8 Å². The minimum absolute atomic E-state index is 0.128. The summed E-state index contributed by atoms with van der Waals surface area (Å²) in [4.78, 5) is 10.7. The topological polar surface area (TPSA) is 74.7 Å². The summed E-state index contributed by atoms with van der Waals surface area (Å²) in [5.41, 5.74) is 1.10. The number of carboxylic acids is 1. The number of sulfonamides is 1. The molecule has 0 unspecified atom stereocenters. The molecule has 0 aliphatic rings. The zero-order chi connectivity index (χ0) is 15.9. The van der Waals surface area contributed by atoms with Crippen LogP contribution >= 0.6 is 0 Å². The second kappa shape index (κ2) is 8.14. The Kier molecular flexibility index (Phi) is 6.84. The van der Waals surface area contributed by atoms with Gasteiger partial charge in [0.2, 0.25) is 10.0 Å². The minimum atomic E-state index is -3.73. The largest absolute Gasteiger partial charge is 0.480 e. The van der Waals surface area contributed by atoms with E-state index < -0.39 is 22.5 Å². The first-order valence-electron chi connectivity index (χ1n) is 7.15. The molecular formula is C15H23NO4S. The van der Waals surface area contributed by atoms with Crippen LogP contribution in [0.25, 0.3) is 0 Å². The maximum absolute atomic E-state index is 12.1. The Morgan fingerprint density at radius 2 is 1.76 bits per heavy atom. The van der Waals surface area contributed by atoms with Gasteiger partial charge in [0.05, 0.1) is 4.90 Å². The minimum Gasteiger partial charge on any atom is -0.480 e. The Morgan fingerprint density at radius 1 is 1.14 bits per heavy atom. The Labute approximate surface area is 126 Å². The fourth-order valence-electron chi connectivity index (χ4n) is 2.04. The molecule has 1 N–H and O–H groups in total. The van der Waals surface area contributed by atoms with E-state index >= 15 is 0 Å². The van der Waals surface area contributed by atoms with E-state index in [4.69, 9.17) is 5.11 Å². The summed E-state index contributed by atoms with van der Waals surface area (Å²) in [7, 11) is -2.46. The van der Waals surface area contributed by atoms with Crippen molar-refractivity contribution < 1.29 is 18.3 Å². The normalized spacial score (nSPS) is 11.8. The van der Waals surface area contributed by atoms with Crippen LogP contribution < -0.4 is 0 Å². The van der Waals surface area contributed by atoms with Gasteiger partial charge < -0.3 is 5.11 Å². The highest BCUT2D eigenvalue weighted by Crippen LogP contribution is 2.16. The van der Waals surface area contributed by atoms with E-state index in [9.17, 15) is 13.2 Å². The molecule has 21 heavy (non-hydrogen) atoms. The monoisotopic (exact) mass is 313 g/mol. The van der Waals surface area contributed by atoms with Crippen molar-refractivity contribution in [2.75, 3.05) is 13.6 Å². The van der Waals surface area contributed by atoms with Crippen molar-refractivity contribution in [1.29, 1.82) is 0 Å². The van der Waals surface area contributed by atoms with Gasteiger partial charge in [-0.3, -0.25) is 4.79 Å². The number of aryl methyl sites for hydroxylation is 1. The first-order valence-corrected chi connectivity index (χ1v) is 8.59. The summed E-state index contributed by atoms with van der Waals surface area (Å²) in [6.07, 6.45) is 5.61. The molecule has 6 heteroatoms. The molecule has 5 nitrogen and oxygen atoms in total. The number of benzene rings is 1. The van der Waals surface area contributed by atoms with E-state index in [2.05, 4.69) is 6.92 Å². The Morgan fingerprint density at radius 3 is 2.29 bits per heavy atom. The number of hydrogen-bond donors (Lipinski definition) is 1. The SMILES string of the molecule is CCCCCCc1ccc(S(=O)(=O)N(C)CC(=O)O)cc1. The molecule has 0 fully saturated rings. The third-order valence-electron chi connectivity index (χ3n) is 3.31.